The highest BCUT2D eigenvalue weighted by molar-refractivity contribution is 6.17. The number of hydrogen-bond donors (Lipinski definition) is 3. The Morgan fingerprint density at radius 3 is 2.82 bits per heavy atom. The number of H-pyrrole nitrogens is 1. The van der Waals surface area contributed by atoms with E-state index in [0.29, 0.717) is 45.3 Å². The minimum atomic E-state index is -1.35. The molecule has 2 aliphatic heterocycles. The maximum Gasteiger partial charge on any atom is 0.243 e. The second-order valence-corrected chi connectivity index (χ2v) is 8.53. The number of aromatic amines is 1. The van der Waals surface area contributed by atoms with Crippen LogP contribution in [0.3, 0.4) is 0 Å². The zero-order chi connectivity index (χ0) is 23.8. The summed E-state index contributed by atoms with van der Waals surface area (Å²) in [6, 6.07) is 5.52. The van der Waals surface area contributed by atoms with Gasteiger partial charge in [-0.3, -0.25) is 14.4 Å². The molecule has 2 aliphatic rings. The number of carbonyl (C=O) groups excluding carboxylic acids is 3. The van der Waals surface area contributed by atoms with Crippen LogP contribution in [0, 0.1) is 13.8 Å². The van der Waals surface area contributed by atoms with Gasteiger partial charge in [0.05, 0.1) is 12.0 Å². The van der Waals surface area contributed by atoms with Crippen molar-refractivity contribution in [1.29, 1.82) is 0 Å². The van der Waals surface area contributed by atoms with Crippen molar-refractivity contribution >= 4 is 40.4 Å². The molecule has 0 fully saturated rings. The van der Waals surface area contributed by atoms with Crippen LogP contribution in [0.5, 0.6) is 0 Å². The minimum Gasteiger partial charge on any atom is -0.368 e. The lowest BCUT2D eigenvalue weighted by atomic mass is 9.70. The quantitative estimate of drug-likeness (QED) is 0.405. The first kappa shape index (κ1) is 20.0. The fourth-order valence-electron chi connectivity index (χ4n) is 5.13. The summed E-state index contributed by atoms with van der Waals surface area (Å²) < 4.78 is 1.49. The first-order chi connectivity index (χ1) is 16.3. The number of carbonyl (C=O) groups is 3. The standard InChI is InChI=1S/C22H19N9O3/c1-10-3-4-13-12(5-10)22(21(34)30(13)7-14(23)32)6-15(33)28-19-16(22)11(2)29-31(19)20-17-18(25-8-24-17)26-9-27-20/h3-5,8-9H,6-7H2,1-2H3,(H2,23,32)(H,28,33)(H,24,25,26,27)/t22-/m0/s1. The Labute approximate surface area is 192 Å². The van der Waals surface area contributed by atoms with Gasteiger partial charge in [0.1, 0.15) is 29.6 Å². The Morgan fingerprint density at radius 2 is 2.03 bits per heavy atom. The molecule has 1 spiro atoms. The number of primary amides is 1. The van der Waals surface area contributed by atoms with Crippen molar-refractivity contribution in [3.8, 4) is 5.82 Å². The highest BCUT2D eigenvalue weighted by atomic mass is 16.2. The zero-order valence-corrected chi connectivity index (χ0v) is 18.3. The molecule has 3 aromatic heterocycles. The molecule has 12 nitrogen and oxygen atoms in total. The highest BCUT2D eigenvalue weighted by Crippen LogP contribution is 2.53. The SMILES string of the molecule is Cc1ccc2c(c1)[C@]1(CC(=O)Nc3c1c(C)nn3-c1ncnc3nc[nH]c13)C(=O)N2CC(N)=O. The maximum atomic E-state index is 14.0. The van der Waals surface area contributed by atoms with Crippen molar-refractivity contribution in [1.82, 2.24) is 29.7 Å². The van der Waals surface area contributed by atoms with Gasteiger partial charge in [-0.05, 0) is 25.5 Å². The summed E-state index contributed by atoms with van der Waals surface area (Å²) >= 11 is 0. The molecule has 6 rings (SSSR count). The lowest BCUT2D eigenvalue weighted by Gasteiger charge is -2.33. The van der Waals surface area contributed by atoms with Gasteiger partial charge in [-0.1, -0.05) is 17.7 Å². The van der Waals surface area contributed by atoms with E-state index in [0.717, 1.165) is 5.56 Å². The number of nitrogens with one attached hydrogen (secondary N) is 2. The van der Waals surface area contributed by atoms with Crippen LogP contribution < -0.4 is 16.0 Å². The first-order valence-corrected chi connectivity index (χ1v) is 10.6. The van der Waals surface area contributed by atoms with Crippen LogP contribution in [0.25, 0.3) is 17.0 Å². The minimum absolute atomic E-state index is 0.125. The summed E-state index contributed by atoms with van der Waals surface area (Å²) in [5.74, 6) is -0.670. The van der Waals surface area contributed by atoms with E-state index in [1.54, 1.807) is 13.0 Å². The predicted molar refractivity (Wildman–Crippen MR) is 120 cm³/mol. The molecule has 5 heterocycles. The van der Waals surface area contributed by atoms with Gasteiger partial charge in [-0.2, -0.15) is 9.78 Å². The van der Waals surface area contributed by atoms with Crippen LogP contribution in [0.4, 0.5) is 11.5 Å². The van der Waals surface area contributed by atoms with Crippen LogP contribution in [0.15, 0.2) is 30.9 Å². The Balaban J connectivity index is 1.66. The topological polar surface area (TPSA) is 165 Å². The van der Waals surface area contributed by atoms with E-state index in [2.05, 4.69) is 30.4 Å². The lowest BCUT2D eigenvalue weighted by molar-refractivity contribution is -0.127. The number of aryl methyl sites for hydroxylation is 2. The van der Waals surface area contributed by atoms with Gasteiger partial charge < -0.3 is 20.9 Å². The van der Waals surface area contributed by atoms with Crippen molar-refractivity contribution in [3.05, 3.63) is 53.2 Å². The summed E-state index contributed by atoms with van der Waals surface area (Å²) in [5.41, 5.74) is 8.30. The van der Waals surface area contributed by atoms with Crippen molar-refractivity contribution in [3.63, 3.8) is 0 Å². The largest absolute Gasteiger partial charge is 0.368 e. The summed E-state index contributed by atoms with van der Waals surface area (Å²) in [7, 11) is 0. The lowest BCUT2D eigenvalue weighted by Crippen LogP contribution is -2.48. The van der Waals surface area contributed by atoms with Gasteiger partial charge >= 0.3 is 0 Å². The summed E-state index contributed by atoms with van der Waals surface area (Å²) in [4.78, 5) is 55.9. The van der Waals surface area contributed by atoms with Gasteiger partial charge in [0, 0.05) is 17.7 Å². The van der Waals surface area contributed by atoms with E-state index in [1.807, 2.05) is 19.1 Å². The molecule has 3 amide bonds. The molecule has 12 heteroatoms. The van der Waals surface area contributed by atoms with Crippen LogP contribution in [-0.2, 0) is 19.8 Å². The smallest absolute Gasteiger partial charge is 0.243 e. The van der Waals surface area contributed by atoms with E-state index < -0.39 is 11.3 Å². The summed E-state index contributed by atoms with van der Waals surface area (Å²) in [6.07, 6.45) is 2.73. The van der Waals surface area contributed by atoms with Gasteiger partial charge in [0.25, 0.3) is 0 Å². The first-order valence-electron chi connectivity index (χ1n) is 10.6. The highest BCUT2D eigenvalue weighted by Gasteiger charge is 2.58. The average Bonchev–Trinajstić information content (AvgIpc) is 3.45. The van der Waals surface area contributed by atoms with Crippen LogP contribution in [0.1, 0.15) is 28.8 Å². The molecule has 4 N–H and O–H groups in total. The van der Waals surface area contributed by atoms with Gasteiger partial charge in [-0.25, -0.2) is 15.0 Å². The Kier molecular flexibility index (Phi) is 3.95. The number of nitrogens with zero attached hydrogens (tertiary/aromatic N) is 6. The number of imidazole rings is 1. The Bertz CT molecular complexity index is 1550. The number of fused-ring (bicyclic) bond motifs is 5. The number of rotatable bonds is 3. The third kappa shape index (κ3) is 2.50. The molecular weight excluding hydrogens is 438 g/mol. The molecule has 0 unspecified atom stereocenters. The van der Waals surface area contributed by atoms with E-state index in [-0.39, 0.29) is 24.8 Å². The number of aromatic nitrogens is 6. The summed E-state index contributed by atoms with van der Waals surface area (Å²) in [6.45, 7) is 3.39. The molecule has 34 heavy (non-hydrogen) atoms. The average molecular weight is 457 g/mol. The van der Waals surface area contributed by atoms with Gasteiger partial charge in [0.2, 0.25) is 17.7 Å². The molecule has 0 aliphatic carbocycles. The normalized spacial score (nSPS) is 18.9. The second kappa shape index (κ2) is 6.70. The van der Waals surface area contributed by atoms with E-state index in [9.17, 15) is 14.4 Å². The molecule has 0 radical (unpaired) electrons. The van der Waals surface area contributed by atoms with Crippen molar-refractivity contribution in [2.75, 3.05) is 16.8 Å². The number of hydrogen-bond acceptors (Lipinski definition) is 7. The van der Waals surface area contributed by atoms with Crippen molar-refractivity contribution in [2.45, 2.75) is 25.7 Å². The molecule has 0 saturated heterocycles. The molecule has 1 aromatic carbocycles. The predicted octanol–water partition coefficient (Wildman–Crippen LogP) is 0.616. The third-order valence-electron chi connectivity index (χ3n) is 6.40. The summed E-state index contributed by atoms with van der Waals surface area (Å²) in [5, 5.41) is 7.54. The third-order valence-corrected chi connectivity index (χ3v) is 6.40. The number of anilines is 2. The monoisotopic (exact) mass is 457 g/mol. The molecule has 4 aromatic rings. The number of nitrogens with two attached hydrogens (primary N) is 1. The molecular formula is C22H19N9O3. The van der Waals surface area contributed by atoms with Crippen LogP contribution in [-0.4, -0.2) is 54.0 Å². The van der Waals surface area contributed by atoms with Crippen molar-refractivity contribution < 1.29 is 14.4 Å². The van der Waals surface area contributed by atoms with E-state index in [4.69, 9.17) is 5.73 Å². The van der Waals surface area contributed by atoms with Gasteiger partial charge in [-0.15, -0.1) is 0 Å². The zero-order valence-electron chi connectivity index (χ0n) is 18.3. The van der Waals surface area contributed by atoms with E-state index >= 15 is 0 Å². The molecule has 0 bridgehead atoms. The fraction of sp³-hybridized carbons (Fsp3) is 0.227. The second-order valence-electron chi connectivity index (χ2n) is 8.53. The number of amides is 3. The van der Waals surface area contributed by atoms with Crippen molar-refractivity contribution in [2.24, 2.45) is 5.73 Å². The molecule has 1 atom stereocenters. The molecule has 0 saturated carbocycles. The molecule has 170 valence electrons. The Hall–Kier alpha value is -4.61. The number of benzene rings is 1. The van der Waals surface area contributed by atoms with Crippen LogP contribution >= 0.6 is 0 Å². The Morgan fingerprint density at radius 1 is 1.21 bits per heavy atom. The van der Waals surface area contributed by atoms with Gasteiger partial charge in [0.15, 0.2) is 11.5 Å². The maximum absolute atomic E-state index is 14.0. The van der Waals surface area contributed by atoms with E-state index in [1.165, 1.54) is 22.2 Å². The fourth-order valence-corrected chi connectivity index (χ4v) is 5.13. The van der Waals surface area contributed by atoms with Crippen LogP contribution in [0.2, 0.25) is 0 Å².